The van der Waals surface area contributed by atoms with Gasteiger partial charge in [0.15, 0.2) is 0 Å². The van der Waals surface area contributed by atoms with Crippen LogP contribution in [0.4, 0.5) is 22.0 Å². The van der Waals surface area contributed by atoms with Crippen molar-refractivity contribution >= 4 is 10.9 Å². The molecular formula is C18H14F5N5. The molecule has 10 heteroatoms. The van der Waals surface area contributed by atoms with E-state index in [1.54, 1.807) is 6.92 Å². The van der Waals surface area contributed by atoms with E-state index in [0.29, 0.717) is 11.1 Å². The third kappa shape index (κ3) is 3.67. The van der Waals surface area contributed by atoms with E-state index in [9.17, 15) is 32.5 Å². The van der Waals surface area contributed by atoms with Gasteiger partial charge in [-0.15, -0.1) is 0 Å². The van der Waals surface area contributed by atoms with Gasteiger partial charge in [0.2, 0.25) is 0 Å². The fraction of sp³-hybridized carbons (Fsp3) is 0.278. The molecule has 0 aliphatic heterocycles. The molecule has 0 radical (unpaired) electrons. The van der Waals surface area contributed by atoms with Crippen molar-refractivity contribution in [1.29, 1.82) is 10.5 Å². The Morgan fingerprint density at radius 3 is 2.21 bits per heavy atom. The molecule has 0 amide bonds. The van der Waals surface area contributed by atoms with Crippen LogP contribution in [0.2, 0.25) is 0 Å². The topological polar surface area (TPSA) is 102 Å². The molecule has 1 aromatic heterocycles. The van der Waals surface area contributed by atoms with Crippen molar-refractivity contribution in [2.75, 3.05) is 0 Å². The first-order valence-electron chi connectivity index (χ1n) is 7.84. The van der Waals surface area contributed by atoms with Gasteiger partial charge in [-0.25, -0.2) is 22.0 Å². The summed E-state index contributed by atoms with van der Waals surface area (Å²) in [5, 5.41) is 25.6. The van der Waals surface area contributed by atoms with E-state index in [2.05, 4.69) is 10.2 Å². The summed E-state index contributed by atoms with van der Waals surface area (Å²) in [7, 11) is 0. The van der Waals surface area contributed by atoms with Gasteiger partial charge in [0.05, 0.1) is 34.8 Å². The summed E-state index contributed by atoms with van der Waals surface area (Å²) >= 11 is 0. The number of hydrogen-bond donors (Lipinski definition) is 2. The lowest BCUT2D eigenvalue weighted by atomic mass is 9.81. The smallest absolute Gasteiger partial charge is 0.278 e. The molecule has 0 saturated carbocycles. The quantitative estimate of drug-likeness (QED) is 0.585. The number of allylic oxidation sites excluding steroid dienone is 4. The lowest BCUT2D eigenvalue weighted by Gasteiger charge is -2.21. The zero-order chi connectivity index (χ0) is 21.2. The zero-order valence-electron chi connectivity index (χ0n) is 14.7. The van der Waals surface area contributed by atoms with Crippen molar-refractivity contribution in [2.24, 2.45) is 5.73 Å². The Labute approximate surface area is 156 Å². The molecule has 0 fully saturated rings. The van der Waals surface area contributed by atoms with Gasteiger partial charge >= 0.3 is 0 Å². The van der Waals surface area contributed by atoms with Crippen LogP contribution in [0, 0.1) is 35.4 Å². The van der Waals surface area contributed by atoms with Gasteiger partial charge in [-0.2, -0.15) is 15.6 Å². The summed E-state index contributed by atoms with van der Waals surface area (Å²) in [5.41, 5.74) is 2.00. The van der Waals surface area contributed by atoms with E-state index in [0.717, 1.165) is 13.0 Å². The van der Waals surface area contributed by atoms with Crippen molar-refractivity contribution in [2.45, 2.75) is 32.6 Å². The van der Waals surface area contributed by atoms with Crippen LogP contribution < -0.4 is 5.73 Å². The van der Waals surface area contributed by atoms with Gasteiger partial charge in [0.25, 0.3) is 12.9 Å². The predicted octanol–water partition coefficient (Wildman–Crippen LogP) is 4.20. The number of nitrogens with one attached hydrogen (secondary N) is 1. The minimum Gasteiger partial charge on any atom is -0.397 e. The number of alkyl halides is 4. The van der Waals surface area contributed by atoms with Crippen LogP contribution in [-0.2, 0) is 0 Å². The van der Waals surface area contributed by atoms with Crippen LogP contribution in [0.15, 0.2) is 34.5 Å². The monoisotopic (exact) mass is 395 g/mol. The zero-order valence-corrected chi connectivity index (χ0v) is 14.7. The number of aromatic amines is 1. The molecule has 0 bridgehead atoms. The van der Waals surface area contributed by atoms with Gasteiger partial charge in [0.1, 0.15) is 5.82 Å². The molecule has 0 aliphatic carbocycles. The number of benzene rings is 1. The Kier molecular flexibility index (Phi) is 6.04. The first-order chi connectivity index (χ1) is 13.1. The highest BCUT2D eigenvalue weighted by atomic mass is 19.3. The number of nitriles is 2. The van der Waals surface area contributed by atoms with Crippen LogP contribution in [0.3, 0.4) is 0 Å². The molecular weight excluding hydrogens is 381 g/mol. The number of H-pyrrole nitrogens is 1. The second kappa shape index (κ2) is 8.09. The van der Waals surface area contributed by atoms with Crippen LogP contribution >= 0.6 is 0 Å². The lowest BCUT2D eigenvalue weighted by Crippen LogP contribution is -2.18. The highest BCUT2D eigenvalue weighted by Crippen LogP contribution is 2.39. The number of nitrogens with two attached hydrogens (primary N) is 1. The minimum atomic E-state index is -3.30. The summed E-state index contributed by atoms with van der Waals surface area (Å²) in [6.07, 6.45) is -6.42. The highest BCUT2D eigenvalue weighted by molar-refractivity contribution is 5.82. The number of rotatable bonds is 5. The van der Waals surface area contributed by atoms with Crippen LogP contribution in [0.5, 0.6) is 0 Å². The fourth-order valence-corrected chi connectivity index (χ4v) is 2.76. The van der Waals surface area contributed by atoms with Crippen molar-refractivity contribution in [3.05, 3.63) is 51.6 Å². The summed E-state index contributed by atoms with van der Waals surface area (Å²) < 4.78 is 67.5. The molecule has 146 valence electrons. The number of halogens is 5. The lowest BCUT2D eigenvalue weighted by molar-refractivity contribution is 0.186. The molecule has 28 heavy (non-hydrogen) atoms. The summed E-state index contributed by atoms with van der Waals surface area (Å²) in [6, 6.07) is 5.07. The Morgan fingerprint density at radius 2 is 1.71 bits per heavy atom. The van der Waals surface area contributed by atoms with E-state index in [1.807, 2.05) is 0 Å². The molecule has 3 N–H and O–H groups in total. The van der Waals surface area contributed by atoms with E-state index < -0.39 is 52.6 Å². The van der Waals surface area contributed by atoms with Crippen molar-refractivity contribution in [3.63, 3.8) is 0 Å². The highest BCUT2D eigenvalue weighted by Gasteiger charge is 2.32. The molecule has 2 aromatic rings. The molecule has 2 rings (SSSR count). The molecule has 5 nitrogen and oxygen atoms in total. The summed E-state index contributed by atoms with van der Waals surface area (Å²) in [5.74, 6) is -2.83. The van der Waals surface area contributed by atoms with Crippen LogP contribution in [0.1, 0.15) is 24.1 Å². The largest absolute Gasteiger partial charge is 0.397 e. The van der Waals surface area contributed by atoms with Crippen molar-refractivity contribution in [3.8, 4) is 12.1 Å². The number of aromatic nitrogens is 2. The van der Waals surface area contributed by atoms with E-state index in [4.69, 9.17) is 5.73 Å². The Morgan fingerprint density at radius 1 is 1.11 bits per heavy atom. The normalized spacial score (nSPS) is 14.5. The molecule has 1 aromatic carbocycles. The standard InChI is InChI=1S/C18H14F5N5/c1-7(17(20)21)11(5-24)15(12(6-25)16(26)18(22)23)10-3-9-8(2)27-28-14(9)4-13(10)19/h3-4,15,17-18H,26H2,1-2H3,(H,27,28)/b11-7+,16-12-. The number of hydrogen-bond acceptors (Lipinski definition) is 4. The van der Waals surface area contributed by atoms with Gasteiger partial charge in [-0.1, -0.05) is 0 Å². The van der Waals surface area contributed by atoms with Crippen LogP contribution in [-0.4, -0.2) is 23.0 Å². The fourth-order valence-electron chi connectivity index (χ4n) is 2.76. The predicted molar refractivity (Wildman–Crippen MR) is 90.7 cm³/mol. The molecule has 1 atom stereocenters. The average Bonchev–Trinajstić information content (AvgIpc) is 3.00. The van der Waals surface area contributed by atoms with E-state index >= 15 is 0 Å². The summed E-state index contributed by atoms with van der Waals surface area (Å²) in [6.45, 7) is 2.51. The third-order valence-electron chi connectivity index (χ3n) is 4.29. The molecule has 0 spiro atoms. The van der Waals surface area contributed by atoms with Gasteiger partial charge in [-0.05, 0) is 19.9 Å². The maximum absolute atomic E-state index is 14.8. The summed E-state index contributed by atoms with van der Waals surface area (Å²) in [4.78, 5) is 0. The first kappa shape index (κ1) is 20.9. The number of aryl methyl sites for hydroxylation is 1. The maximum atomic E-state index is 14.8. The van der Waals surface area contributed by atoms with E-state index in [-0.39, 0.29) is 5.52 Å². The second-order valence-electron chi connectivity index (χ2n) is 5.96. The van der Waals surface area contributed by atoms with Gasteiger partial charge < -0.3 is 5.73 Å². The van der Waals surface area contributed by atoms with Gasteiger partial charge in [0, 0.05) is 33.9 Å². The average molecular weight is 395 g/mol. The molecule has 1 heterocycles. The maximum Gasteiger partial charge on any atom is 0.278 e. The third-order valence-corrected chi connectivity index (χ3v) is 4.29. The Balaban J connectivity index is 2.95. The number of fused-ring (bicyclic) bond motifs is 1. The second-order valence-corrected chi connectivity index (χ2v) is 5.96. The van der Waals surface area contributed by atoms with E-state index in [1.165, 1.54) is 18.2 Å². The SMILES string of the molecule is C/C(=C(/C#N)C(/C(C#N)=C(\N)C(F)F)c1cc2c(C)[nH]nc2cc1F)C(F)F. The van der Waals surface area contributed by atoms with Gasteiger partial charge in [-0.3, -0.25) is 5.10 Å². The van der Waals surface area contributed by atoms with Crippen LogP contribution in [0.25, 0.3) is 10.9 Å². The molecule has 0 aliphatic rings. The molecule has 1 unspecified atom stereocenters. The Bertz CT molecular complexity index is 1010. The van der Waals surface area contributed by atoms with Crippen molar-refractivity contribution < 1.29 is 22.0 Å². The minimum absolute atomic E-state index is 0.204. The first-order valence-corrected chi connectivity index (χ1v) is 7.84. The number of nitrogens with zero attached hydrogens (tertiary/aromatic N) is 3. The Hall–Kier alpha value is -3.40. The van der Waals surface area contributed by atoms with Crippen molar-refractivity contribution in [1.82, 2.24) is 10.2 Å². The molecule has 0 saturated heterocycles.